The smallest absolute Gasteiger partial charge is 0.314 e. The minimum Gasteiger partial charge on any atom is -0.464 e. The maximum Gasteiger partial charge on any atom is 0.314 e. The number of hydrogen-bond donors (Lipinski definition) is 1. The lowest BCUT2D eigenvalue weighted by Crippen LogP contribution is -2.39. The van der Waals surface area contributed by atoms with Crippen LogP contribution in [0.3, 0.4) is 0 Å². The van der Waals surface area contributed by atoms with Crippen LogP contribution in [0.2, 0.25) is 0 Å². The number of carbonyl (C=O) groups is 2. The number of amides is 2. The second-order valence-corrected chi connectivity index (χ2v) is 6.04. The number of furan rings is 1. The van der Waals surface area contributed by atoms with Gasteiger partial charge in [-0.05, 0) is 31.9 Å². The summed E-state index contributed by atoms with van der Waals surface area (Å²) in [5.74, 6) is 0.299. The van der Waals surface area contributed by atoms with Crippen molar-refractivity contribution in [1.82, 2.24) is 14.7 Å². The normalized spacial score (nSPS) is 17.0. The van der Waals surface area contributed by atoms with Gasteiger partial charge in [-0.3, -0.25) is 14.3 Å². The molecule has 25 heavy (non-hydrogen) atoms. The summed E-state index contributed by atoms with van der Waals surface area (Å²) in [6, 6.07) is 3.55. The van der Waals surface area contributed by atoms with Crippen LogP contribution in [0.5, 0.6) is 0 Å². The number of hydrogen-bond acceptors (Lipinski definition) is 5. The summed E-state index contributed by atoms with van der Waals surface area (Å²) in [5.41, 5.74) is 0.485. The predicted octanol–water partition coefficient (Wildman–Crippen LogP) is 1.73. The molecule has 8 nitrogen and oxygen atoms in total. The van der Waals surface area contributed by atoms with E-state index in [1.54, 1.807) is 22.9 Å². The first-order valence-electron chi connectivity index (χ1n) is 8.28. The molecule has 3 heterocycles. The van der Waals surface area contributed by atoms with Gasteiger partial charge in [0.15, 0.2) is 0 Å². The Morgan fingerprint density at radius 2 is 2.28 bits per heavy atom. The second-order valence-electron chi connectivity index (χ2n) is 6.04. The summed E-state index contributed by atoms with van der Waals surface area (Å²) in [6.45, 7) is 3.50. The zero-order valence-corrected chi connectivity index (χ0v) is 14.4. The average molecular weight is 346 g/mol. The number of ether oxygens (including phenoxy) is 1. The molecule has 1 fully saturated rings. The first-order chi connectivity index (χ1) is 12.1. The van der Waals surface area contributed by atoms with Crippen molar-refractivity contribution >= 4 is 17.5 Å². The number of anilines is 1. The van der Waals surface area contributed by atoms with E-state index in [2.05, 4.69) is 10.4 Å². The van der Waals surface area contributed by atoms with Gasteiger partial charge in [-0.1, -0.05) is 0 Å². The fourth-order valence-electron chi connectivity index (χ4n) is 2.99. The second kappa shape index (κ2) is 7.52. The Hall–Kier alpha value is -2.61. The van der Waals surface area contributed by atoms with Crippen molar-refractivity contribution in [3.63, 3.8) is 0 Å². The van der Waals surface area contributed by atoms with E-state index in [-0.39, 0.29) is 6.04 Å². The van der Waals surface area contributed by atoms with Gasteiger partial charge in [-0.2, -0.15) is 5.10 Å². The fraction of sp³-hybridized carbons (Fsp3) is 0.471. The van der Waals surface area contributed by atoms with Gasteiger partial charge in [0.25, 0.3) is 0 Å². The highest BCUT2D eigenvalue weighted by atomic mass is 16.5. The Labute approximate surface area is 145 Å². The largest absolute Gasteiger partial charge is 0.464 e. The van der Waals surface area contributed by atoms with Crippen molar-refractivity contribution in [2.24, 2.45) is 0 Å². The molecule has 2 aromatic heterocycles. The summed E-state index contributed by atoms with van der Waals surface area (Å²) in [6.07, 6.45) is 4.82. The quantitative estimate of drug-likeness (QED) is 0.833. The lowest BCUT2D eigenvalue weighted by molar-refractivity contribution is -0.144. The number of likely N-dealkylation sites (tertiary alicyclic amines) is 1. The van der Waals surface area contributed by atoms with Crippen LogP contribution in [0.1, 0.15) is 30.4 Å². The molecule has 0 spiro atoms. The number of nitrogens with zero attached hydrogens (tertiary/aromatic N) is 3. The highest BCUT2D eigenvalue weighted by Gasteiger charge is 2.35. The molecule has 0 aromatic carbocycles. The van der Waals surface area contributed by atoms with Crippen LogP contribution >= 0.6 is 0 Å². The van der Waals surface area contributed by atoms with Crippen LogP contribution in [0.25, 0.3) is 0 Å². The van der Waals surface area contributed by atoms with Gasteiger partial charge in [0.2, 0.25) is 0 Å². The Bertz CT molecular complexity index is 751. The molecule has 8 heteroatoms. The number of nitrogens with one attached hydrogen (secondary N) is 1. The lowest BCUT2D eigenvalue weighted by atomic mass is 10.1. The van der Waals surface area contributed by atoms with E-state index in [0.717, 1.165) is 24.4 Å². The SMILES string of the molecule is COCCn1cc(NC(=O)C(=O)N2CCCC2c2ccc(C)o2)cn1. The van der Waals surface area contributed by atoms with Gasteiger partial charge in [0.05, 0.1) is 31.1 Å². The molecule has 0 saturated carbocycles. The minimum atomic E-state index is -0.665. The Morgan fingerprint density at radius 1 is 1.44 bits per heavy atom. The van der Waals surface area contributed by atoms with E-state index in [1.165, 1.54) is 6.20 Å². The summed E-state index contributed by atoms with van der Waals surface area (Å²) in [5, 5.41) is 6.72. The molecule has 0 bridgehead atoms. The average Bonchev–Trinajstić information content (AvgIpc) is 3.32. The Kier molecular flexibility index (Phi) is 5.18. The molecule has 2 amide bonds. The van der Waals surface area contributed by atoms with E-state index in [4.69, 9.17) is 9.15 Å². The Balaban J connectivity index is 1.63. The summed E-state index contributed by atoms with van der Waals surface area (Å²) in [7, 11) is 1.61. The lowest BCUT2D eigenvalue weighted by Gasteiger charge is -2.22. The zero-order valence-electron chi connectivity index (χ0n) is 14.4. The van der Waals surface area contributed by atoms with Crippen molar-refractivity contribution in [3.8, 4) is 0 Å². The summed E-state index contributed by atoms with van der Waals surface area (Å²) in [4.78, 5) is 26.4. The molecule has 1 aliphatic rings. The predicted molar refractivity (Wildman–Crippen MR) is 89.9 cm³/mol. The maximum atomic E-state index is 12.5. The van der Waals surface area contributed by atoms with E-state index in [0.29, 0.717) is 25.4 Å². The van der Waals surface area contributed by atoms with Crippen LogP contribution in [0.4, 0.5) is 5.69 Å². The van der Waals surface area contributed by atoms with Gasteiger partial charge in [-0.25, -0.2) is 0 Å². The minimum absolute atomic E-state index is 0.184. The molecular weight excluding hydrogens is 324 g/mol. The van der Waals surface area contributed by atoms with Gasteiger partial charge in [0.1, 0.15) is 11.5 Å². The third kappa shape index (κ3) is 3.90. The van der Waals surface area contributed by atoms with Gasteiger partial charge >= 0.3 is 11.8 Å². The molecule has 0 aliphatic carbocycles. The van der Waals surface area contributed by atoms with Crippen molar-refractivity contribution in [3.05, 3.63) is 36.0 Å². The zero-order chi connectivity index (χ0) is 17.8. The van der Waals surface area contributed by atoms with Crippen LogP contribution in [-0.2, 0) is 20.9 Å². The van der Waals surface area contributed by atoms with Crippen molar-refractivity contribution in [1.29, 1.82) is 0 Å². The summed E-state index contributed by atoms with van der Waals surface area (Å²) < 4.78 is 12.3. The molecule has 1 saturated heterocycles. The van der Waals surface area contributed by atoms with Crippen molar-refractivity contribution in [2.45, 2.75) is 32.4 Å². The monoisotopic (exact) mass is 346 g/mol. The molecule has 1 N–H and O–H groups in total. The van der Waals surface area contributed by atoms with Crippen molar-refractivity contribution < 1.29 is 18.7 Å². The highest BCUT2D eigenvalue weighted by molar-refractivity contribution is 6.39. The van der Waals surface area contributed by atoms with E-state index in [9.17, 15) is 9.59 Å². The molecule has 1 atom stereocenters. The Morgan fingerprint density at radius 3 is 3.00 bits per heavy atom. The molecule has 134 valence electrons. The number of aryl methyl sites for hydroxylation is 1. The third-order valence-corrected chi connectivity index (χ3v) is 4.21. The number of rotatable bonds is 5. The molecule has 3 rings (SSSR count). The molecule has 0 radical (unpaired) electrons. The van der Waals surface area contributed by atoms with Crippen LogP contribution in [0, 0.1) is 6.92 Å². The van der Waals surface area contributed by atoms with Crippen LogP contribution in [0.15, 0.2) is 28.9 Å². The molecular formula is C17H22N4O4. The van der Waals surface area contributed by atoms with Crippen LogP contribution in [-0.4, -0.2) is 46.8 Å². The standard InChI is InChI=1S/C17H22N4O4/c1-12-5-6-15(25-12)14-4-3-7-21(14)17(23)16(22)19-13-10-18-20(11-13)8-9-24-2/h5-6,10-11,14H,3-4,7-9H2,1-2H3,(H,19,22). The number of methoxy groups -OCH3 is 1. The van der Waals surface area contributed by atoms with Crippen LogP contribution < -0.4 is 5.32 Å². The topological polar surface area (TPSA) is 89.6 Å². The van der Waals surface area contributed by atoms with E-state index < -0.39 is 11.8 Å². The first kappa shape index (κ1) is 17.2. The van der Waals surface area contributed by atoms with Gasteiger partial charge < -0.3 is 19.4 Å². The molecule has 2 aromatic rings. The molecule has 1 unspecified atom stereocenters. The van der Waals surface area contributed by atoms with E-state index in [1.807, 2.05) is 19.1 Å². The maximum absolute atomic E-state index is 12.5. The number of carbonyl (C=O) groups excluding carboxylic acids is 2. The van der Waals surface area contributed by atoms with Gasteiger partial charge in [-0.15, -0.1) is 0 Å². The number of aromatic nitrogens is 2. The van der Waals surface area contributed by atoms with Crippen molar-refractivity contribution in [2.75, 3.05) is 25.6 Å². The summed E-state index contributed by atoms with van der Waals surface area (Å²) >= 11 is 0. The third-order valence-electron chi connectivity index (χ3n) is 4.21. The highest BCUT2D eigenvalue weighted by Crippen LogP contribution is 2.33. The van der Waals surface area contributed by atoms with Gasteiger partial charge in [0, 0.05) is 19.9 Å². The molecule has 1 aliphatic heterocycles. The fourth-order valence-corrected chi connectivity index (χ4v) is 2.99. The van der Waals surface area contributed by atoms with E-state index >= 15 is 0 Å². The first-order valence-corrected chi connectivity index (χ1v) is 8.28.